The lowest BCUT2D eigenvalue weighted by Crippen LogP contribution is -2.54. The molecule has 6 rings (SSSR count). The molecule has 0 aliphatic heterocycles. The van der Waals surface area contributed by atoms with Crippen LogP contribution in [0.25, 0.3) is 10.6 Å². The van der Waals surface area contributed by atoms with E-state index >= 15 is 0 Å². The lowest BCUT2D eigenvalue weighted by atomic mass is 9.49. The molecule has 26 heavy (non-hydrogen) atoms. The summed E-state index contributed by atoms with van der Waals surface area (Å²) >= 11 is 7.43. The molecular weight excluding hydrogens is 366 g/mol. The highest BCUT2D eigenvalue weighted by Crippen LogP contribution is 2.60. The third-order valence-corrected chi connectivity index (χ3v) is 7.89. The first-order valence-corrected chi connectivity index (χ1v) is 10.6. The van der Waals surface area contributed by atoms with Crippen LogP contribution in [0.1, 0.15) is 38.5 Å². The maximum atomic E-state index is 13.4. The normalized spacial score (nSPS) is 32.0. The largest absolute Gasteiger partial charge is 0.289 e. The van der Waals surface area contributed by atoms with Gasteiger partial charge >= 0.3 is 0 Å². The molecule has 2 aromatic rings. The molecule has 1 amide bonds. The van der Waals surface area contributed by atoms with E-state index in [1.54, 1.807) is 4.90 Å². The van der Waals surface area contributed by atoms with E-state index in [2.05, 4.69) is 10.2 Å². The zero-order valence-electron chi connectivity index (χ0n) is 14.8. The average molecular weight is 388 g/mol. The number of benzene rings is 1. The molecule has 4 fully saturated rings. The van der Waals surface area contributed by atoms with E-state index in [-0.39, 0.29) is 11.3 Å². The summed E-state index contributed by atoms with van der Waals surface area (Å²) in [5.74, 6) is 2.54. The molecule has 0 unspecified atom stereocenters. The molecule has 0 radical (unpaired) electrons. The Hall–Kier alpha value is -1.46. The molecule has 4 bridgehead atoms. The van der Waals surface area contributed by atoms with Gasteiger partial charge in [-0.3, -0.25) is 9.69 Å². The van der Waals surface area contributed by atoms with Crippen molar-refractivity contribution in [2.45, 2.75) is 38.5 Å². The highest BCUT2D eigenvalue weighted by molar-refractivity contribution is 7.18. The molecule has 4 aliphatic rings. The van der Waals surface area contributed by atoms with E-state index in [4.69, 9.17) is 11.6 Å². The highest BCUT2D eigenvalue weighted by Gasteiger charge is 2.55. The minimum atomic E-state index is -0.143. The SMILES string of the molecule is CN(C(=O)C12CC3CC(CC(C3)C1)C2)c1nnc(-c2ccc(Cl)cc2)s1. The highest BCUT2D eigenvalue weighted by atomic mass is 35.5. The summed E-state index contributed by atoms with van der Waals surface area (Å²) in [6, 6.07) is 7.57. The Morgan fingerprint density at radius 3 is 2.23 bits per heavy atom. The van der Waals surface area contributed by atoms with Crippen LogP contribution in [0.4, 0.5) is 5.13 Å². The van der Waals surface area contributed by atoms with Gasteiger partial charge < -0.3 is 0 Å². The first-order chi connectivity index (χ1) is 12.5. The Kier molecular flexibility index (Phi) is 3.87. The van der Waals surface area contributed by atoms with Crippen LogP contribution in [0.3, 0.4) is 0 Å². The van der Waals surface area contributed by atoms with Gasteiger partial charge in [-0.05, 0) is 68.4 Å². The quantitative estimate of drug-likeness (QED) is 0.741. The van der Waals surface area contributed by atoms with Gasteiger partial charge in [0.15, 0.2) is 0 Å². The summed E-state index contributed by atoms with van der Waals surface area (Å²) in [4.78, 5) is 15.2. The van der Waals surface area contributed by atoms with Crippen LogP contribution >= 0.6 is 22.9 Å². The number of hydrogen-bond donors (Lipinski definition) is 0. The van der Waals surface area contributed by atoms with Gasteiger partial charge in [-0.15, -0.1) is 10.2 Å². The van der Waals surface area contributed by atoms with Crippen molar-refractivity contribution in [2.24, 2.45) is 23.2 Å². The van der Waals surface area contributed by atoms with Crippen LogP contribution in [0.2, 0.25) is 5.02 Å². The van der Waals surface area contributed by atoms with Crippen molar-refractivity contribution < 1.29 is 4.79 Å². The second-order valence-electron chi connectivity index (χ2n) is 8.46. The van der Waals surface area contributed by atoms with Gasteiger partial charge in [-0.2, -0.15) is 0 Å². The van der Waals surface area contributed by atoms with E-state index in [1.807, 2.05) is 31.3 Å². The van der Waals surface area contributed by atoms with E-state index < -0.39 is 0 Å². The van der Waals surface area contributed by atoms with Crippen molar-refractivity contribution >= 4 is 34.0 Å². The van der Waals surface area contributed by atoms with E-state index in [0.29, 0.717) is 10.2 Å². The van der Waals surface area contributed by atoms with Crippen LogP contribution in [0, 0.1) is 23.2 Å². The summed E-state index contributed by atoms with van der Waals surface area (Å²) in [7, 11) is 1.87. The number of rotatable bonds is 3. The molecule has 1 heterocycles. The zero-order valence-corrected chi connectivity index (χ0v) is 16.4. The molecule has 0 atom stereocenters. The number of aromatic nitrogens is 2. The Labute approximate surface area is 162 Å². The van der Waals surface area contributed by atoms with Crippen LogP contribution in [-0.4, -0.2) is 23.2 Å². The summed E-state index contributed by atoms with van der Waals surface area (Å²) in [6.07, 6.45) is 7.25. The van der Waals surface area contributed by atoms with Crippen LogP contribution in [-0.2, 0) is 4.79 Å². The van der Waals surface area contributed by atoms with Crippen molar-refractivity contribution in [1.29, 1.82) is 0 Å². The van der Waals surface area contributed by atoms with Crippen molar-refractivity contribution in [2.75, 3.05) is 11.9 Å². The van der Waals surface area contributed by atoms with Crippen molar-refractivity contribution in [3.8, 4) is 10.6 Å². The molecular formula is C20H22ClN3OS. The minimum absolute atomic E-state index is 0.143. The number of anilines is 1. The van der Waals surface area contributed by atoms with Gasteiger partial charge in [-0.25, -0.2) is 0 Å². The second kappa shape index (κ2) is 6.03. The number of carbonyl (C=O) groups excluding carboxylic acids is 1. The summed E-state index contributed by atoms with van der Waals surface area (Å²) in [5, 5.41) is 10.8. The number of carbonyl (C=O) groups is 1. The first-order valence-electron chi connectivity index (χ1n) is 9.40. The summed E-state index contributed by atoms with van der Waals surface area (Å²) in [6.45, 7) is 0. The van der Waals surface area contributed by atoms with Crippen molar-refractivity contribution in [3.63, 3.8) is 0 Å². The third-order valence-electron chi connectivity index (χ3n) is 6.59. The minimum Gasteiger partial charge on any atom is -0.289 e. The fraction of sp³-hybridized carbons (Fsp3) is 0.550. The number of amides is 1. The Bertz CT molecular complexity index is 812. The lowest BCUT2D eigenvalue weighted by molar-refractivity contribution is -0.143. The van der Waals surface area contributed by atoms with Crippen LogP contribution in [0.15, 0.2) is 24.3 Å². The van der Waals surface area contributed by atoms with Gasteiger partial charge in [0.05, 0.1) is 5.41 Å². The smallest absolute Gasteiger partial charge is 0.234 e. The van der Waals surface area contributed by atoms with Crippen molar-refractivity contribution in [1.82, 2.24) is 10.2 Å². The molecule has 0 N–H and O–H groups in total. The lowest BCUT2D eigenvalue weighted by Gasteiger charge is -2.56. The number of halogens is 1. The van der Waals surface area contributed by atoms with E-state index in [1.165, 1.54) is 30.6 Å². The molecule has 0 saturated heterocycles. The van der Waals surface area contributed by atoms with Crippen LogP contribution in [0.5, 0.6) is 0 Å². The zero-order chi connectivity index (χ0) is 17.9. The predicted octanol–water partition coefficient (Wildman–Crippen LogP) is 5.04. The molecule has 4 saturated carbocycles. The average Bonchev–Trinajstić information content (AvgIpc) is 3.10. The van der Waals surface area contributed by atoms with Gasteiger partial charge in [0.1, 0.15) is 5.01 Å². The molecule has 4 nitrogen and oxygen atoms in total. The van der Waals surface area contributed by atoms with Gasteiger partial charge in [0, 0.05) is 17.6 Å². The van der Waals surface area contributed by atoms with Gasteiger partial charge in [-0.1, -0.05) is 35.1 Å². The van der Waals surface area contributed by atoms with E-state index in [0.717, 1.165) is 47.6 Å². The number of hydrogen-bond acceptors (Lipinski definition) is 4. The third kappa shape index (κ3) is 2.67. The second-order valence-corrected chi connectivity index (χ2v) is 9.85. The van der Waals surface area contributed by atoms with Gasteiger partial charge in [0.25, 0.3) is 0 Å². The molecule has 4 aliphatic carbocycles. The summed E-state index contributed by atoms with van der Waals surface area (Å²) < 4.78 is 0. The maximum absolute atomic E-state index is 13.4. The standard InChI is InChI=1S/C20H22ClN3OS/c1-24(19-23-22-17(26-19)15-2-4-16(21)5-3-15)18(25)20-9-12-6-13(10-20)8-14(7-12)11-20/h2-5,12-14H,6-11H2,1H3. The van der Waals surface area contributed by atoms with Crippen molar-refractivity contribution in [3.05, 3.63) is 29.3 Å². The number of nitrogens with zero attached hydrogens (tertiary/aromatic N) is 3. The molecule has 1 aromatic heterocycles. The first kappa shape index (κ1) is 16.7. The Morgan fingerprint density at radius 2 is 1.65 bits per heavy atom. The van der Waals surface area contributed by atoms with Gasteiger partial charge in [0.2, 0.25) is 11.0 Å². The molecule has 1 aromatic carbocycles. The fourth-order valence-electron chi connectivity index (χ4n) is 5.88. The maximum Gasteiger partial charge on any atom is 0.234 e. The predicted molar refractivity (Wildman–Crippen MR) is 104 cm³/mol. The monoisotopic (exact) mass is 387 g/mol. The van der Waals surface area contributed by atoms with Crippen LogP contribution < -0.4 is 4.90 Å². The summed E-state index contributed by atoms with van der Waals surface area (Å²) in [5.41, 5.74) is 0.837. The molecule has 0 spiro atoms. The Morgan fingerprint density at radius 1 is 1.08 bits per heavy atom. The topological polar surface area (TPSA) is 46.1 Å². The Balaban J connectivity index is 1.39. The molecule has 136 valence electrons. The van der Waals surface area contributed by atoms with E-state index in [9.17, 15) is 4.79 Å². The molecule has 6 heteroatoms. The fourth-order valence-corrected chi connectivity index (χ4v) is 6.81.